The van der Waals surface area contributed by atoms with E-state index < -0.39 is 11.9 Å². The number of nitrogens with zero attached hydrogens (tertiary/aromatic N) is 1. The standard InChI is InChI=1S/C16H16N2O4/c1-10-8-17-9-11-5-4-6-12(15(10)11)18-13(16(20)22-3)7-14(19)21-2/h4-9,18H,1-3H3/b13-7+. The monoisotopic (exact) mass is 300 g/mol. The van der Waals surface area contributed by atoms with Gasteiger partial charge in [0, 0.05) is 28.9 Å². The molecule has 1 aromatic carbocycles. The number of hydrogen-bond donors (Lipinski definition) is 1. The molecule has 0 aliphatic carbocycles. The van der Waals surface area contributed by atoms with Gasteiger partial charge in [-0.2, -0.15) is 0 Å². The summed E-state index contributed by atoms with van der Waals surface area (Å²) in [6.07, 6.45) is 4.52. The van der Waals surface area contributed by atoms with Gasteiger partial charge in [0.25, 0.3) is 0 Å². The Bertz CT molecular complexity index is 748. The molecule has 0 amide bonds. The molecule has 1 heterocycles. The highest BCUT2D eigenvalue weighted by atomic mass is 16.5. The molecule has 0 aliphatic rings. The summed E-state index contributed by atoms with van der Waals surface area (Å²) in [5.41, 5.74) is 1.62. The second-order valence-corrected chi connectivity index (χ2v) is 4.56. The number of rotatable bonds is 4. The Kier molecular flexibility index (Phi) is 4.73. The molecule has 1 N–H and O–H groups in total. The van der Waals surface area contributed by atoms with Crippen molar-refractivity contribution in [2.45, 2.75) is 6.92 Å². The van der Waals surface area contributed by atoms with E-state index in [1.807, 2.05) is 25.1 Å². The van der Waals surface area contributed by atoms with E-state index in [2.05, 4.69) is 19.8 Å². The third kappa shape index (κ3) is 3.22. The van der Waals surface area contributed by atoms with Gasteiger partial charge in [0.05, 0.1) is 20.3 Å². The summed E-state index contributed by atoms with van der Waals surface area (Å²) in [6, 6.07) is 5.56. The first kappa shape index (κ1) is 15.5. The number of nitrogens with one attached hydrogen (secondary N) is 1. The van der Waals surface area contributed by atoms with Crippen molar-refractivity contribution in [1.82, 2.24) is 4.98 Å². The Morgan fingerprint density at radius 3 is 2.64 bits per heavy atom. The van der Waals surface area contributed by atoms with E-state index in [1.54, 1.807) is 12.4 Å². The van der Waals surface area contributed by atoms with Crippen molar-refractivity contribution in [3.63, 3.8) is 0 Å². The lowest BCUT2D eigenvalue weighted by Crippen LogP contribution is -2.15. The van der Waals surface area contributed by atoms with Gasteiger partial charge < -0.3 is 14.8 Å². The van der Waals surface area contributed by atoms with Gasteiger partial charge in [0.1, 0.15) is 5.70 Å². The van der Waals surface area contributed by atoms with Crippen molar-refractivity contribution in [2.24, 2.45) is 0 Å². The van der Waals surface area contributed by atoms with Crippen LogP contribution in [0.4, 0.5) is 5.69 Å². The largest absolute Gasteiger partial charge is 0.466 e. The summed E-state index contributed by atoms with van der Waals surface area (Å²) in [5.74, 6) is -1.30. The highest BCUT2D eigenvalue weighted by Crippen LogP contribution is 2.27. The number of fused-ring (bicyclic) bond motifs is 1. The number of carbonyl (C=O) groups excluding carboxylic acids is 2. The molecule has 2 rings (SSSR count). The zero-order valence-electron chi connectivity index (χ0n) is 12.5. The fourth-order valence-electron chi connectivity index (χ4n) is 2.09. The summed E-state index contributed by atoms with van der Waals surface area (Å²) < 4.78 is 9.23. The van der Waals surface area contributed by atoms with Gasteiger partial charge in [-0.05, 0) is 18.6 Å². The van der Waals surface area contributed by atoms with Crippen LogP contribution in [0, 0.1) is 6.92 Å². The predicted octanol–water partition coefficient (Wildman–Crippen LogP) is 2.19. The molecule has 1 aromatic heterocycles. The van der Waals surface area contributed by atoms with Gasteiger partial charge in [-0.3, -0.25) is 4.98 Å². The number of anilines is 1. The average Bonchev–Trinajstić information content (AvgIpc) is 2.53. The summed E-state index contributed by atoms with van der Waals surface area (Å²) >= 11 is 0. The van der Waals surface area contributed by atoms with Crippen LogP contribution in [-0.2, 0) is 19.1 Å². The molecule has 0 unspecified atom stereocenters. The van der Waals surface area contributed by atoms with Crippen LogP contribution in [0.5, 0.6) is 0 Å². The molecule has 2 aromatic rings. The van der Waals surface area contributed by atoms with Gasteiger partial charge in [-0.1, -0.05) is 12.1 Å². The minimum atomic E-state index is -0.658. The van der Waals surface area contributed by atoms with Crippen LogP contribution < -0.4 is 5.32 Å². The third-order valence-electron chi connectivity index (χ3n) is 3.11. The first-order valence-corrected chi connectivity index (χ1v) is 6.55. The van der Waals surface area contributed by atoms with Gasteiger partial charge in [0.2, 0.25) is 0 Å². The molecule has 6 heteroatoms. The lowest BCUT2D eigenvalue weighted by atomic mass is 10.1. The number of benzene rings is 1. The highest BCUT2D eigenvalue weighted by molar-refractivity contribution is 6.03. The maximum atomic E-state index is 11.8. The van der Waals surface area contributed by atoms with E-state index in [9.17, 15) is 9.59 Å². The number of esters is 2. The number of aryl methyl sites for hydroxylation is 1. The summed E-state index contributed by atoms with van der Waals surface area (Å²) in [5, 5.41) is 4.77. The quantitative estimate of drug-likeness (QED) is 0.689. The SMILES string of the molecule is COC(=O)/C=C(/Nc1cccc2cncc(C)c12)C(=O)OC. The van der Waals surface area contributed by atoms with Gasteiger partial charge in [0.15, 0.2) is 0 Å². The minimum absolute atomic E-state index is 0.00179. The Balaban J connectivity index is 2.49. The molecule has 0 spiro atoms. The molecule has 0 bridgehead atoms. The normalized spacial score (nSPS) is 11.1. The first-order chi connectivity index (χ1) is 10.6. The fraction of sp³-hybridized carbons (Fsp3) is 0.188. The van der Waals surface area contributed by atoms with E-state index >= 15 is 0 Å². The molecule has 0 fully saturated rings. The van der Waals surface area contributed by atoms with Gasteiger partial charge >= 0.3 is 11.9 Å². The number of pyridine rings is 1. The third-order valence-corrected chi connectivity index (χ3v) is 3.11. The maximum absolute atomic E-state index is 11.8. The molecular weight excluding hydrogens is 284 g/mol. The molecule has 114 valence electrons. The number of aromatic nitrogens is 1. The second kappa shape index (κ2) is 6.71. The molecule has 0 atom stereocenters. The molecule has 0 aliphatic heterocycles. The van der Waals surface area contributed by atoms with Gasteiger partial charge in [-0.25, -0.2) is 9.59 Å². The average molecular weight is 300 g/mol. The molecule has 0 radical (unpaired) electrons. The van der Waals surface area contributed by atoms with Crippen LogP contribution >= 0.6 is 0 Å². The van der Waals surface area contributed by atoms with E-state index in [0.29, 0.717) is 5.69 Å². The van der Waals surface area contributed by atoms with Crippen LogP contribution in [0.15, 0.2) is 42.4 Å². The molecule has 0 saturated heterocycles. The number of methoxy groups -OCH3 is 2. The van der Waals surface area contributed by atoms with Crippen molar-refractivity contribution in [1.29, 1.82) is 0 Å². The van der Waals surface area contributed by atoms with Crippen LogP contribution in [0.2, 0.25) is 0 Å². The van der Waals surface area contributed by atoms with Gasteiger partial charge in [-0.15, -0.1) is 0 Å². The maximum Gasteiger partial charge on any atom is 0.354 e. The van der Waals surface area contributed by atoms with E-state index in [4.69, 9.17) is 0 Å². The molecule has 6 nitrogen and oxygen atoms in total. The second-order valence-electron chi connectivity index (χ2n) is 4.56. The van der Waals surface area contributed by atoms with Crippen LogP contribution in [-0.4, -0.2) is 31.1 Å². The summed E-state index contributed by atoms with van der Waals surface area (Å²) in [4.78, 5) is 27.4. The minimum Gasteiger partial charge on any atom is -0.466 e. The zero-order valence-corrected chi connectivity index (χ0v) is 12.5. The lowest BCUT2D eigenvalue weighted by molar-refractivity contribution is -0.138. The van der Waals surface area contributed by atoms with E-state index in [-0.39, 0.29) is 5.70 Å². The zero-order chi connectivity index (χ0) is 16.1. The van der Waals surface area contributed by atoms with E-state index in [1.165, 1.54) is 14.2 Å². The Morgan fingerprint density at radius 2 is 1.95 bits per heavy atom. The smallest absolute Gasteiger partial charge is 0.354 e. The molecule has 0 saturated carbocycles. The van der Waals surface area contributed by atoms with E-state index in [0.717, 1.165) is 22.4 Å². The van der Waals surface area contributed by atoms with Crippen molar-refractivity contribution >= 4 is 28.4 Å². The number of hydrogen-bond acceptors (Lipinski definition) is 6. The van der Waals surface area contributed by atoms with Crippen molar-refractivity contribution in [3.05, 3.63) is 47.9 Å². The molecular formula is C16H16N2O4. The first-order valence-electron chi connectivity index (χ1n) is 6.55. The Labute approximate surface area is 127 Å². The van der Waals surface area contributed by atoms with Crippen molar-refractivity contribution in [3.8, 4) is 0 Å². The van der Waals surface area contributed by atoms with Crippen molar-refractivity contribution in [2.75, 3.05) is 19.5 Å². The predicted molar refractivity (Wildman–Crippen MR) is 82.2 cm³/mol. The van der Waals surface area contributed by atoms with Crippen LogP contribution in [0.1, 0.15) is 5.56 Å². The Morgan fingerprint density at radius 1 is 1.18 bits per heavy atom. The van der Waals surface area contributed by atoms with Crippen LogP contribution in [0.3, 0.4) is 0 Å². The molecule has 22 heavy (non-hydrogen) atoms. The Hall–Kier alpha value is -2.89. The summed E-state index contributed by atoms with van der Waals surface area (Å²) in [6.45, 7) is 1.92. The lowest BCUT2D eigenvalue weighted by Gasteiger charge is -2.13. The number of carbonyl (C=O) groups is 2. The number of ether oxygens (including phenoxy) is 2. The highest BCUT2D eigenvalue weighted by Gasteiger charge is 2.14. The summed E-state index contributed by atoms with van der Waals surface area (Å²) in [7, 11) is 2.48. The van der Waals surface area contributed by atoms with Crippen LogP contribution in [0.25, 0.3) is 10.8 Å². The van der Waals surface area contributed by atoms with Crippen molar-refractivity contribution < 1.29 is 19.1 Å². The topological polar surface area (TPSA) is 77.5 Å². The fourth-order valence-corrected chi connectivity index (χ4v) is 2.09.